The summed E-state index contributed by atoms with van der Waals surface area (Å²) in [5, 5.41) is 0. The molecule has 2 aromatic carbocycles. The highest BCUT2D eigenvalue weighted by Gasteiger charge is 2.14. The summed E-state index contributed by atoms with van der Waals surface area (Å²) in [7, 11) is 0. The molecule has 0 saturated heterocycles. The highest BCUT2D eigenvalue weighted by Crippen LogP contribution is 2.34. The molecule has 0 bridgehead atoms. The second-order valence-electron chi connectivity index (χ2n) is 4.68. The van der Waals surface area contributed by atoms with Crippen molar-refractivity contribution in [3.8, 4) is 22.6 Å². The van der Waals surface area contributed by atoms with E-state index in [2.05, 4.69) is 4.98 Å². The number of para-hydroxylation sites is 2. The van der Waals surface area contributed by atoms with E-state index in [1.165, 1.54) is 0 Å². The van der Waals surface area contributed by atoms with Gasteiger partial charge >= 0.3 is 0 Å². The average molecular weight is 290 g/mol. The number of carbonyl (C=O) groups excluding carboxylic acids is 1. The van der Waals surface area contributed by atoms with E-state index in [-0.39, 0.29) is 5.69 Å². The molecule has 0 aliphatic carbocycles. The average Bonchev–Trinajstić information content (AvgIpc) is 2.56. The first-order valence-electron chi connectivity index (χ1n) is 6.83. The summed E-state index contributed by atoms with van der Waals surface area (Å²) in [6, 6.07) is 20.5. The van der Waals surface area contributed by atoms with Crippen LogP contribution < -0.4 is 10.5 Å². The number of ether oxygens (including phenoxy) is 1. The zero-order chi connectivity index (χ0) is 15.4. The summed E-state index contributed by atoms with van der Waals surface area (Å²) in [6.07, 6.45) is 1.55. The van der Waals surface area contributed by atoms with E-state index in [0.29, 0.717) is 11.3 Å². The molecular weight excluding hydrogens is 276 g/mol. The Morgan fingerprint density at radius 3 is 2.32 bits per heavy atom. The van der Waals surface area contributed by atoms with Gasteiger partial charge < -0.3 is 10.5 Å². The minimum atomic E-state index is -0.565. The lowest BCUT2D eigenvalue weighted by Crippen LogP contribution is -2.14. The molecule has 1 aromatic heterocycles. The van der Waals surface area contributed by atoms with Gasteiger partial charge in [-0.15, -0.1) is 0 Å². The Balaban J connectivity index is 2.08. The highest BCUT2D eigenvalue weighted by molar-refractivity contribution is 5.98. The van der Waals surface area contributed by atoms with Crippen LogP contribution in [0, 0.1) is 0 Å². The molecule has 0 saturated carbocycles. The predicted octanol–water partition coefficient (Wildman–Crippen LogP) is 3.64. The third kappa shape index (κ3) is 2.81. The second-order valence-corrected chi connectivity index (χ2v) is 4.68. The molecular formula is C18H14N2O2. The molecule has 3 aromatic rings. The molecule has 1 heterocycles. The van der Waals surface area contributed by atoms with E-state index >= 15 is 0 Å². The second kappa shape index (κ2) is 6.10. The van der Waals surface area contributed by atoms with Gasteiger partial charge in [-0.2, -0.15) is 0 Å². The molecule has 0 atom stereocenters. The molecule has 22 heavy (non-hydrogen) atoms. The van der Waals surface area contributed by atoms with Crippen molar-refractivity contribution in [2.24, 2.45) is 5.73 Å². The third-order valence-electron chi connectivity index (χ3n) is 3.19. The summed E-state index contributed by atoms with van der Waals surface area (Å²) >= 11 is 0. The SMILES string of the molecule is NC(=O)c1ncccc1-c1ccccc1Oc1ccccc1. The van der Waals surface area contributed by atoms with Crippen molar-refractivity contribution in [3.05, 3.63) is 78.6 Å². The highest BCUT2D eigenvalue weighted by atomic mass is 16.5. The van der Waals surface area contributed by atoms with E-state index < -0.39 is 5.91 Å². The van der Waals surface area contributed by atoms with Gasteiger partial charge in [-0.3, -0.25) is 9.78 Å². The summed E-state index contributed by atoms with van der Waals surface area (Å²) in [5.41, 5.74) is 7.07. The van der Waals surface area contributed by atoms with Crippen LogP contribution in [0.1, 0.15) is 10.5 Å². The first kappa shape index (κ1) is 13.8. The van der Waals surface area contributed by atoms with Gasteiger partial charge in [0.25, 0.3) is 5.91 Å². The van der Waals surface area contributed by atoms with Crippen LogP contribution in [0.4, 0.5) is 0 Å². The van der Waals surface area contributed by atoms with Gasteiger partial charge in [0.2, 0.25) is 0 Å². The Kier molecular flexibility index (Phi) is 3.83. The number of nitrogens with two attached hydrogens (primary N) is 1. The van der Waals surface area contributed by atoms with Crippen molar-refractivity contribution in [1.29, 1.82) is 0 Å². The standard InChI is InChI=1S/C18H14N2O2/c19-18(21)17-15(10-6-12-20-17)14-9-4-5-11-16(14)22-13-7-2-1-3-8-13/h1-12H,(H2,19,21). The molecule has 2 N–H and O–H groups in total. The number of amides is 1. The number of aromatic nitrogens is 1. The van der Waals surface area contributed by atoms with Crippen LogP contribution in [0.2, 0.25) is 0 Å². The Labute approximate surface area is 128 Å². The number of pyridine rings is 1. The van der Waals surface area contributed by atoms with Crippen LogP contribution in [0.3, 0.4) is 0 Å². The smallest absolute Gasteiger partial charge is 0.267 e. The third-order valence-corrected chi connectivity index (χ3v) is 3.19. The van der Waals surface area contributed by atoms with Crippen LogP contribution >= 0.6 is 0 Å². The molecule has 1 amide bonds. The molecule has 0 radical (unpaired) electrons. The van der Waals surface area contributed by atoms with E-state index in [9.17, 15) is 4.79 Å². The Morgan fingerprint density at radius 1 is 0.864 bits per heavy atom. The van der Waals surface area contributed by atoms with Crippen LogP contribution in [0.15, 0.2) is 72.9 Å². The van der Waals surface area contributed by atoms with Crippen LogP contribution in [-0.2, 0) is 0 Å². The van der Waals surface area contributed by atoms with Crippen molar-refractivity contribution in [1.82, 2.24) is 4.98 Å². The van der Waals surface area contributed by atoms with Crippen molar-refractivity contribution in [2.45, 2.75) is 0 Å². The maximum Gasteiger partial charge on any atom is 0.267 e. The zero-order valence-corrected chi connectivity index (χ0v) is 11.8. The molecule has 0 spiro atoms. The number of hydrogen-bond acceptors (Lipinski definition) is 3. The monoisotopic (exact) mass is 290 g/mol. The van der Waals surface area contributed by atoms with Gasteiger partial charge in [-0.1, -0.05) is 42.5 Å². The van der Waals surface area contributed by atoms with E-state index in [0.717, 1.165) is 11.3 Å². The number of rotatable bonds is 4. The molecule has 0 fully saturated rings. The van der Waals surface area contributed by atoms with E-state index in [4.69, 9.17) is 10.5 Å². The van der Waals surface area contributed by atoms with Gasteiger partial charge in [0, 0.05) is 17.3 Å². The Bertz CT molecular complexity index is 801. The number of benzene rings is 2. The summed E-state index contributed by atoms with van der Waals surface area (Å²) in [4.78, 5) is 15.7. The fourth-order valence-electron chi connectivity index (χ4n) is 2.21. The number of nitrogens with zero attached hydrogens (tertiary/aromatic N) is 1. The Morgan fingerprint density at radius 2 is 1.55 bits per heavy atom. The van der Waals surface area contributed by atoms with Crippen LogP contribution in [-0.4, -0.2) is 10.9 Å². The van der Waals surface area contributed by atoms with Crippen molar-refractivity contribution >= 4 is 5.91 Å². The van der Waals surface area contributed by atoms with Crippen LogP contribution in [0.5, 0.6) is 11.5 Å². The van der Waals surface area contributed by atoms with Gasteiger partial charge in [-0.05, 0) is 24.3 Å². The molecule has 108 valence electrons. The minimum absolute atomic E-state index is 0.228. The molecule has 4 heteroatoms. The number of primary amides is 1. The first-order chi connectivity index (χ1) is 10.8. The predicted molar refractivity (Wildman–Crippen MR) is 84.7 cm³/mol. The van der Waals surface area contributed by atoms with E-state index in [1.54, 1.807) is 18.3 Å². The maximum atomic E-state index is 11.6. The summed E-state index contributed by atoms with van der Waals surface area (Å²) in [6.45, 7) is 0. The maximum absolute atomic E-state index is 11.6. The fourth-order valence-corrected chi connectivity index (χ4v) is 2.21. The van der Waals surface area contributed by atoms with Crippen LogP contribution in [0.25, 0.3) is 11.1 Å². The number of carbonyl (C=O) groups is 1. The molecule has 0 unspecified atom stereocenters. The van der Waals surface area contributed by atoms with Gasteiger partial charge in [0.05, 0.1) is 0 Å². The minimum Gasteiger partial charge on any atom is -0.457 e. The number of hydrogen-bond donors (Lipinski definition) is 1. The van der Waals surface area contributed by atoms with Crippen molar-refractivity contribution < 1.29 is 9.53 Å². The first-order valence-corrected chi connectivity index (χ1v) is 6.83. The van der Waals surface area contributed by atoms with Crippen molar-refractivity contribution in [3.63, 3.8) is 0 Å². The lowest BCUT2D eigenvalue weighted by molar-refractivity contribution is 0.0996. The molecule has 0 aliphatic rings. The van der Waals surface area contributed by atoms with Gasteiger partial charge in [-0.25, -0.2) is 0 Å². The topological polar surface area (TPSA) is 65.2 Å². The quantitative estimate of drug-likeness (QED) is 0.797. The summed E-state index contributed by atoms with van der Waals surface area (Å²) < 4.78 is 5.92. The molecule has 4 nitrogen and oxygen atoms in total. The molecule has 3 rings (SSSR count). The lowest BCUT2D eigenvalue weighted by atomic mass is 10.0. The van der Waals surface area contributed by atoms with Gasteiger partial charge in [0.15, 0.2) is 0 Å². The van der Waals surface area contributed by atoms with Crippen molar-refractivity contribution in [2.75, 3.05) is 0 Å². The molecule has 0 aliphatic heterocycles. The lowest BCUT2D eigenvalue weighted by Gasteiger charge is -2.12. The fraction of sp³-hybridized carbons (Fsp3) is 0. The summed E-state index contributed by atoms with van der Waals surface area (Å²) in [5.74, 6) is 0.800. The Hall–Kier alpha value is -3.14. The van der Waals surface area contributed by atoms with Gasteiger partial charge in [0.1, 0.15) is 17.2 Å². The zero-order valence-electron chi connectivity index (χ0n) is 11.8. The van der Waals surface area contributed by atoms with E-state index in [1.807, 2.05) is 54.6 Å². The largest absolute Gasteiger partial charge is 0.457 e. The normalized spacial score (nSPS) is 10.2.